The minimum atomic E-state index is -0.226. The monoisotopic (exact) mass is 387 g/mol. The average Bonchev–Trinajstić information content (AvgIpc) is 2.66. The van der Waals surface area contributed by atoms with Crippen molar-refractivity contribution in [2.24, 2.45) is 5.92 Å². The van der Waals surface area contributed by atoms with Gasteiger partial charge < -0.3 is 5.32 Å². The van der Waals surface area contributed by atoms with E-state index in [1.54, 1.807) is 19.1 Å². The molecular weight excluding hydrogens is 357 g/mol. The van der Waals surface area contributed by atoms with Crippen LogP contribution in [0.2, 0.25) is 0 Å². The van der Waals surface area contributed by atoms with Crippen LogP contribution in [0.25, 0.3) is 0 Å². The molecule has 0 aromatic heterocycles. The summed E-state index contributed by atoms with van der Waals surface area (Å²) < 4.78 is 13.0. The minimum Gasteiger partial charge on any atom is -0.385 e. The first-order valence-electron chi connectivity index (χ1n) is 9.69. The number of ketones is 1. The number of carbonyl (C=O) groups excluding carboxylic acids is 1. The van der Waals surface area contributed by atoms with Crippen molar-refractivity contribution in [3.8, 4) is 0 Å². The molecule has 2 unspecified atom stereocenters. The third-order valence-electron chi connectivity index (χ3n) is 4.89. The number of halogens is 1. The molecule has 2 rings (SSSR count). The first-order chi connectivity index (χ1) is 12.9. The van der Waals surface area contributed by atoms with Crippen molar-refractivity contribution in [2.75, 3.05) is 11.9 Å². The summed E-state index contributed by atoms with van der Waals surface area (Å²) in [5.41, 5.74) is 3.84. The van der Waals surface area contributed by atoms with Crippen LogP contribution >= 0.6 is 12.6 Å². The predicted octanol–water partition coefficient (Wildman–Crippen LogP) is 5.96. The molecule has 2 aromatic rings. The Morgan fingerprint density at radius 1 is 1.15 bits per heavy atom. The highest BCUT2D eigenvalue weighted by atomic mass is 32.1. The molecule has 2 nitrogen and oxygen atoms in total. The summed E-state index contributed by atoms with van der Waals surface area (Å²) in [4.78, 5) is 12.1. The number of anilines is 1. The Morgan fingerprint density at radius 3 is 2.48 bits per heavy atom. The number of nitrogens with one attached hydrogen (secondary N) is 1. The van der Waals surface area contributed by atoms with Crippen molar-refractivity contribution >= 4 is 24.1 Å². The van der Waals surface area contributed by atoms with Crippen molar-refractivity contribution in [3.05, 3.63) is 65.0 Å². The fourth-order valence-corrected chi connectivity index (χ4v) is 3.53. The van der Waals surface area contributed by atoms with Gasteiger partial charge in [0.2, 0.25) is 0 Å². The van der Waals surface area contributed by atoms with Gasteiger partial charge in [0.15, 0.2) is 5.78 Å². The molecule has 2 atom stereocenters. The summed E-state index contributed by atoms with van der Waals surface area (Å²) in [6.45, 7) is 6.84. The van der Waals surface area contributed by atoms with E-state index < -0.39 is 0 Å². The Balaban J connectivity index is 2.00. The van der Waals surface area contributed by atoms with Crippen LogP contribution in [0.15, 0.2) is 42.5 Å². The van der Waals surface area contributed by atoms with Gasteiger partial charge in [-0.2, -0.15) is 12.6 Å². The molecule has 1 N–H and O–H groups in total. The van der Waals surface area contributed by atoms with E-state index in [0.717, 1.165) is 54.6 Å². The predicted molar refractivity (Wildman–Crippen MR) is 116 cm³/mol. The Bertz CT molecular complexity index is 745. The summed E-state index contributed by atoms with van der Waals surface area (Å²) >= 11 is 4.57. The molecule has 0 aliphatic carbocycles. The number of rotatable bonds is 10. The Labute approximate surface area is 168 Å². The second-order valence-corrected chi connectivity index (χ2v) is 8.07. The maximum absolute atomic E-state index is 13.0. The quantitative estimate of drug-likeness (QED) is 0.389. The SMILES string of the molecule is CCC(S)CC(C)CNc1ccc(CCc2ccc(F)cc2)c(C(C)=O)c1. The molecule has 0 aliphatic rings. The largest absolute Gasteiger partial charge is 0.385 e. The van der Waals surface area contributed by atoms with Gasteiger partial charge in [-0.05, 0) is 73.9 Å². The zero-order chi connectivity index (χ0) is 19.8. The molecule has 0 heterocycles. The minimum absolute atomic E-state index is 0.0715. The van der Waals surface area contributed by atoms with Crippen LogP contribution in [-0.4, -0.2) is 17.6 Å². The lowest BCUT2D eigenvalue weighted by Crippen LogP contribution is -2.15. The van der Waals surface area contributed by atoms with E-state index in [1.165, 1.54) is 12.1 Å². The second-order valence-electron chi connectivity index (χ2n) is 7.34. The molecule has 4 heteroatoms. The van der Waals surface area contributed by atoms with E-state index >= 15 is 0 Å². The molecule has 27 heavy (non-hydrogen) atoms. The standard InChI is InChI=1S/C23H30FNOS/c1-4-22(27)13-16(2)15-25-21-12-9-19(23(14-21)17(3)26)8-5-18-6-10-20(24)11-7-18/h6-7,9-12,14,16,22,25,27H,4-5,8,13,15H2,1-3H3. The van der Waals surface area contributed by atoms with Crippen molar-refractivity contribution in [1.29, 1.82) is 0 Å². The number of thiol groups is 1. The zero-order valence-corrected chi connectivity index (χ0v) is 17.4. The third kappa shape index (κ3) is 7.02. The van der Waals surface area contributed by atoms with Gasteiger partial charge in [-0.25, -0.2) is 4.39 Å². The van der Waals surface area contributed by atoms with E-state index in [9.17, 15) is 9.18 Å². The molecule has 0 bridgehead atoms. The average molecular weight is 388 g/mol. The molecule has 0 amide bonds. The van der Waals surface area contributed by atoms with Crippen molar-refractivity contribution in [1.82, 2.24) is 0 Å². The van der Waals surface area contributed by atoms with Crippen LogP contribution in [0.3, 0.4) is 0 Å². The topological polar surface area (TPSA) is 29.1 Å². The maximum Gasteiger partial charge on any atom is 0.160 e. The van der Waals surface area contributed by atoms with Crippen molar-refractivity contribution < 1.29 is 9.18 Å². The molecule has 2 aromatic carbocycles. The van der Waals surface area contributed by atoms with E-state index in [0.29, 0.717) is 11.2 Å². The lowest BCUT2D eigenvalue weighted by atomic mass is 9.97. The van der Waals surface area contributed by atoms with Crippen LogP contribution in [0.4, 0.5) is 10.1 Å². The Hall–Kier alpha value is -1.81. The summed E-state index contributed by atoms with van der Waals surface area (Å²) in [6.07, 6.45) is 3.69. The number of hydrogen-bond donors (Lipinski definition) is 2. The van der Waals surface area contributed by atoms with Gasteiger partial charge in [-0.3, -0.25) is 4.79 Å². The number of aryl methyl sites for hydroxylation is 2. The lowest BCUT2D eigenvalue weighted by Gasteiger charge is -2.17. The second kappa shape index (κ2) is 10.5. The van der Waals surface area contributed by atoms with Crippen LogP contribution < -0.4 is 5.32 Å². The first-order valence-corrected chi connectivity index (χ1v) is 10.2. The summed E-state index contributed by atoms with van der Waals surface area (Å²) in [5.74, 6) is 0.365. The highest BCUT2D eigenvalue weighted by molar-refractivity contribution is 7.80. The summed E-state index contributed by atoms with van der Waals surface area (Å²) in [7, 11) is 0. The third-order valence-corrected chi connectivity index (χ3v) is 5.46. The van der Waals surface area contributed by atoms with Crippen LogP contribution in [0.5, 0.6) is 0 Å². The molecule has 146 valence electrons. The summed E-state index contributed by atoms with van der Waals surface area (Å²) in [5, 5.41) is 3.88. The van der Waals surface area contributed by atoms with E-state index in [4.69, 9.17) is 0 Å². The van der Waals surface area contributed by atoms with Gasteiger partial charge in [-0.1, -0.05) is 32.0 Å². The first kappa shape index (κ1) is 21.5. The van der Waals surface area contributed by atoms with Gasteiger partial charge in [0.1, 0.15) is 5.82 Å². The van der Waals surface area contributed by atoms with Crippen molar-refractivity contribution in [3.63, 3.8) is 0 Å². The van der Waals surface area contributed by atoms with Gasteiger partial charge in [-0.15, -0.1) is 0 Å². The number of hydrogen-bond acceptors (Lipinski definition) is 3. The molecule has 0 spiro atoms. The Morgan fingerprint density at radius 2 is 1.85 bits per heavy atom. The van der Waals surface area contributed by atoms with Crippen LogP contribution in [0.1, 0.15) is 55.1 Å². The molecule has 0 fully saturated rings. The van der Waals surface area contributed by atoms with Gasteiger partial charge in [0.05, 0.1) is 0 Å². The van der Waals surface area contributed by atoms with Gasteiger partial charge in [0.25, 0.3) is 0 Å². The van der Waals surface area contributed by atoms with Gasteiger partial charge >= 0.3 is 0 Å². The van der Waals surface area contributed by atoms with Gasteiger partial charge in [0, 0.05) is 23.0 Å². The number of Topliss-reactive ketones (excluding diaryl/α,β-unsaturated/α-hetero) is 1. The van der Waals surface area contributed by atoms with Crippen molar-refractivity contribution in [2.45, 2.75) is 51.7 Å². The molecule has 0 aliphatic heterocycles. The number of benzene rings is 2. The highest BCUT2D eigenvalue weighted by Gasteiger charge is 2.11. The number of carbonyl (C=O) groups is 1. The lowest BCUT2D eigenvalue weighted by molar-refractivity contribution is 0.101. The Kier molecular flexibility index (Phi) is 8.36. The fraction of sp³-hybridized carbons (Fsp3) is 0.435. The summed E-state index contributed by atoms with van der Waals surface area (Å²) in [6, 6.07) is 12.6. The maximum atomic E-state index is 13.0. The van der Waals surface area contributed by atoms with E-state index in [2.05, 4.69) is 31.8 Å². The smallest absolute Gasteiger partial charge is 0.160 e. The fourth-order valence-electron chi connectivity index (χ4n) is 3.17. The molecule has 0 radical (unpaired) electrons. The van der Waals surface area contributed by atoms with Crippen LogP contribution in [0, 0.1) is 11.7 Å². The molecule has 0 saturated carbocycles. The zero-order valence-electron chi connectivity index (χ0n) is 16.5. The van der Waals surface area contributed by atoms with E-state index in [-0.39, 0.29) is 11.6 Å². The highest BCUT2D eigenvalue weighted by Crippen LogP contribution is 2.20. The molecular formula is C23H30FNOS. The normalized spacial score (nSPS) is 13.2. The van der Waals surface area contributed by atoms with Crippen LogP contribution in [-0.2, 0) is 12.8 Å². The van der Waals surface area contributed by atoms with E-state index in [1.807, 2.05) is 18.2 Å². The molecule has 0 saturated heterocycles.